The fourth-order valence-electron chi connectivity index (χ4n) is 1.71. The molecule has 0 aliphatic rings. The molecule has 0 bridgehead atoms. The molecular formula is C11H8N4O3. The van der Waals surface area contributed by atoms with Crippen LogP contribution in [0.15, 0.2) is 27.8 Å². The van der Waals surface area contributed by atoms with Gasteiger partial charge in [0.1, 0.15) is 5.75 Å². The van der Waals surface area contributed by atoms with Gasteiger partial charge in [-0.15, -0.1) is 0 Å². The minimum absolute atomic E-state index is 0.104. The number of methoxy groups -OCH3 is 1. The van der Waals surface area contributed by atoms with Crippen LogP contribution in [0.2, 0.25) is 0 Å². The molecular weight excluding hydrogens is 236 g/mol. The lowest BCUT2D eigenvalue weighted by molar-refractivity contribution is 0.415. The second kappa shape index (κ2) is 3.66. The molecule has 0 saturated carbocycles. The second-order valence-corrected chi connectivity index (χ2v) is 3.68. The molecule has 90 valence electrons. The Bertz CT molecular complexity index is 865. The number of aromatic nitrogens is 4. The van der Waals surface area contributed by atoms with Crippen LogP contribution in [0.25, 0.3) is 22.2 Å². The third-order valence-electron chi connectivity index (χ3n) is 2.55. The molecule has 0 amide bonds. The molecule has 0 unspecified atom stereocenters. The van der Waals surface area contributed by atoms with E-state index in [2.05, 4.69) is 19.9 Å². The van der Waals surface area contributed by atoms with Crippen molar-refractivity contribution in [2.24, 2.45) is 0 Å². The molecule has 0 spiro atoms. The highest BCUT2D eigenvalue weighted by atomic mass is 16.5. The summed E-state index contributed by atoms with van der Waals surface area (Å²) in [5, 5.41) is 0. The number of nitrogens with zero attached hydrogens (tertiary/aromatic N) is 2. The van der Waals surface area contributed by atoms with Crippen LogP contribution in [-0.4, -0.2) is 27.0 Å². The number of benzene rings is 1. The summed E-state index contributed by atoms with van der Waals surface area (Å²) in [5.74, 6) is 0.628. The summed E-state index contributed by atoms with van der Waals surface area (Å²) in [6.45, 7) is 0. The van der Waals surface area contributed by atoms with Crippen molar-refractivity contribution in [3.63, 3.8) is 0 Å². The van der Waals surface area contributed by atoms with Crippen LogP contribution in [-0.2, 0) is 0 Å². The van der Waals surface area contributed by atoms with Crippen molar-refractivity contribution in [3.8, 4) is 5.75 Å². The molecule has 2 aromatic heterocycles. The quantitative estimate of drug-likeness (QED) is 0.594. The number of rotatable bonds is 1. The van der Waals surface area contributed by atoms with E-state index in [9.17, 15) is 9.59 Å². The summed E-state index contributed by atoms with van der Waals surface area (Å²) in [4.78, 5) is 35.6. The average molecular weight is 244 g/mol. The van der Waals surface area contributed by atoms with Gasteiger partial charge in [-0.1, -0.05) is 0 Å². The van der Waals surface area contributed by atoms with Gasteiger partial charge in [0.2, 0.25) is 0 Å². The number of nitrogens with one attached hydrogen (secondary N) is 2. The Labute approximate surface area is 99.5 Å². The zero-order valence-corrected chi connectivity index (χ0v) is 9.35. The number of hydrogen-bond acceptors (Lipinski definition) is 5. The van der Waals surface area contributed by atoms with Crippen molar-refractivity contribution in [1.82, 2.24) is 19.9 Å². The number of fused-ring (bicyclic) bond motifs is 2. The molecule has 7 nitrogen and oxygen atoms in total. The van der Waals surface area contributed by atoms with Crippen molar-refractivity contribution in [1.29, 1.82) is 0 Å². The van der Waals surface area contributed by atoms with Crippen LogP contribution in [0.4, 0.5) is 0 Å². The molecule has 0 aliphatic heterocycles. The van der Waals surface area contributed by atoms with Crippen molar-refractivity contribution < 1.29 is 4.74 Å². The first-order valence-corrected chi connectivity index (χ1v) is 5.15. The van der Waals surface area contributed by atoms with E-state index in [4.69, 9.17) is 4.74 Å². The maximum atomic E-state index is 11.6. The van der Waals surface area contributed by atoms with E-state index in [1.54, 1.807) is 25.3 Å². The van der Waals surface area contributed by atoms with Crippen LogP contribution >= 0.6 is 0 Å². The van der Waals surface area contributed by atoms with Crippen LogP contribution < -0.4 is 16.0 Å². The molecule has 2 N–H and O–H groups in total. The van der Waals surface area contributed by atoms with E-state index in [-0.39, 0.29) is 11.2 Å². The van der Waals surface area contributed by atoms with Gasteiger partial charge in [-0.05, 0) is 12.1 Å². The largest absolute Gasteiger partial charge is 0.497 e. The van der Waals surface area contributed by atoms with Crippen molar-refractivity contribution in [2.45, 2.75) is 0 Å². The van der Waals surface area contributed by atoms with Gasteiger partial charge >= 0.3 is 5.69 Å². The van der Waals surface area contributed by atoms with E-state index in [1.165, 1.54) is 0 Å². The number of aromatic amines is 2. The third kappa shape index (κ3) is 1.53. The lowest BCUT2D eigenvalue weighted by atomic mass is 10.3. The fourth-order valence-corrected chi connectivity index (χ4v) is 1.71. The molecule has 0 aliphatic carbocycles. The fraction of sp³-hybridized carbons (Fsp3) is 0.0909. The van der Waals surface area contributed by atoms with Crippen LogP contribution in [0.3, 0.4) is 0 Å². The molecule has 18 heavy (non-hydrogen) atoms. The van der Waals surface area contributed by atoms with E-state index in [0.29, 0.717) is 16.8 Å². The number of ether oxygens (including phenoxy) is 1. The van der Waals surface area contributed by atoms with Crippen molar-refractivity contribution in [3.05, 3.63) is 39.0 Å². The molecule has 0 atom stereocenters. The molecule has 3 aromatic rings. The summed E-state index contributed by atoms with van der Waals surface area (Å²) >= 11 is 0. The second-order valence-electron chi connectivity index (χ2n) is 3.68. The minimum atomic E-state index is -0.607. The normalized spacial score (nSPS) is 10.9. The van der Waals surface area contributed by atoms with E-state index < -0.39 is 11.2 Å². The van der Waals surface area contributed by atoms with Crippen LogP contribution in [0, 0.1) is 0 Å². The SMILES string of the molecule is COc1ccc2nc3c(=O)[nH]c(=O)[nH]c3nc2c1. The molecule has 7 heteroatoms. The summed E-state index contributed by atoms with van der Waals surface area (Å²) in [6, 6.07) is 5.11. The maximum Gasteiger partial charge on any atom is 0.327 e. The van der Waals surface area contributed by atoms with E-state index in [1.807, 2.05) is 0 Å². The zero-order valence-electron chi connectivity index (χ0n) is 9.35. The lowest BCUT2D eigenvalue weighted by Gasteiger charge is -2.02. The topological polar surface area (TPSA) is 101 Å². The van der Waals surface area contributed by atoms with Gasteiger partial charge in [-0.3, -0.25) is 14.8 Å². The third-order valence-corrected chi connectivity index (χ3v) is 2.55. The van der Waals surface area contributed by atoms with Gasteiger partial charge in [0.05, 0.1) is 18.1 Å². The Morgan fingerprint density at radius 3 is 2.72 bits per heavy atom. The Morgan fingerprint density at radius 1 is 1.11 bits per heavy atom. The number of hydrogen-bond donors (Lipinski definition) is 2. The van der Waals surface area contributed by atoms with E-state index >= 15 is 0 Å². The number of H-pyrrole nitrogens is 2. The van der Waals surface area contributed by atoms with Gasteiger partial charge in [-0.2, -0.15) is 0 Å². The van der Waals surface area contributed by atoms with Gasteiger partial charge in [0.15, 0.2) is 11.2 Å². The van der Waals surface area contributed by atoms with Gasteiger partial charge in [-0.25, -0.2) is 14.8 Å². The Hall–Kier alpha value is -2.70. The molecule has 2 heterocycles. The Kier molecular flexibility index (Phi) is 2.12. The Morgan fingerprint density at radius 2 is 1.94 bits per heavy atom. The Balaban J connectivity index is 2.47. The average Bonchev–Trinajstić information content (AvgIpc) is 2.36. The van der Waals surface area contributed by atoms with Gasteiger partial charge in [0, 0.05) is 6.07 Å². The van der Waals surface area contributed by atoms with Crippen LogP contribution in [0.5, 0.6) is 5.75 Å². The molecule has 0 fully saturated rings. The monoisotopic (exact) mass is 244 g/mol. The molecule has 0 radical (unpaired) electrons. The van der Waals surface area contributed by atoms with Crippen LogP contribution in [0.1, 0.15) is 0 Å². The van der Waals surface area contributed by atoms with Crippen molar-refractivity contribution in [2.75, 3.05) is 7.11 Å². The standard InChI is InChI=1S/C11H8N4O3/c1-18-5-2-3-6-7(4-5)13-9-8(12-6)10(16)15-11(17)14-9/h2-4H,1H3,(H2,13,14,15,16,17). The molecule has 0 saturated heterocycles. The zero-order chi connectivity index (χ0) is 12.7. The lowest BCUT2D eigenvalue weighted by Crippen LogP contribution is -2.23. The summed E-state index contributed by atoms with van der Waals surface area (Å²) < 4.78 is 5.07. The summed E-state index contributed by atoms with van der Waals surface area (Å²) in [5.41, 5.74) is 0.198. The minimum Gasteiger partial charge on any atom is -0.497 e. The van der Waals surface area contributed by atoms with Crippen molar-refractivity contribution >= 4 is 22.2 Å². The molecule has 3 rings (SSSR count). The van der Waals surface area contributed by atoms with Gasteiger partial charge in [0.25, 0.3) is 5.56 Å². The predicted molar refractivity (Wildman–Crippen MR) is 64.8 cm³/mol. The highest BCUT2D eigenvalue weighted by Gasteiger charge is 2.07. The van der Waals surface area contributed by atoms with E-state index in [0.717, 1.165) is 0 Å². The predicted octanol–water partition coefficient (Wildman–Crippen LogP) is 0.168. The van der Waals surface area contributed by atoms with Gasteiger partial charge < -0.3 is 4.74 Å². The smallest absolute Gasteiger partial charge is 0.327 e. The first kappa shape index (κ1) is 10.5. The summed E-state index contributed by atoms with van der Waals surface area (Å²) in [7, 11) is 1.54. The first-order chi connectivity index (χ1) is 8.67. The highest BCUT2D eigenvalue weighted by Crippen LogP contribution is 2.18. The summed E-state index contributed by atoms with van der Waals surface area (Å²) in [6.07, 6.45) is 0. The first-order valence-electron chi connectivity index (χ1n) is 5.15. The highest BCUT2D eigenvalue weighted by molar-refractivity contribution is 5.84. The molecule has 1 aromatic carbocycles. The maximum absolute atomic E-state index is 11.6.